The third-order valence-electron chi connectivity index (χ3n) is 2.30. The molecule has 0 radical (unpaired) electrons. The highest BCUT2D eigenvalue weighted by atomic mass is 16.5. The minimum absolute atomic E-state index is 0.0847. The molecule has 1 rings (SSSR count). The van der Waals surface area contributed by atoms with Crippen LogP contribution in [0.25, 0.3) is 0 Å². The average Bonchev–Trinajstić information content (AvgIpc) is 2.35. The monoisotopic (exact) mass is 219 g/mol. The summed E-state index contributed by atoms with van der Waals surface area (Å²) in [7, 11) is 1.40. The van der Waals surface area contributed by atoms with Gasteiger partial charge in [-0.05, 0) is 18.6 Å². The van der Waals surface area contributed by atoms with Gasteiger partial charge >= 0.3 is 5.97 Å². The molecule has 1 atom stereocenters. The minimum Gasteiger partial charge on any atom is -0.469 e. The minimum atomic E-state index is -0.193. The first kappa shape index (κ1) is 12.3. The second-order valence-corrected chi connectivity index (χ2v) is 3.47. The SMILES string of the molecule is C=CC(CCC(=O)OC)Nc1ccccc1. The number of para-hydroxylation sites is 1. The van der Waals surface area contributed by atoms with E-state index in [9.17, 15) is 4.79 Å². The van der Waals surface area contributed by atoms with Crippen molar-refractivity contribution in [2.24, 2.45) is 0 Å². The number of rotatable bonds is 6. The third kappa shape index (κ3) is 4.17. The zero-order valence-electron chi connectivity index (χ0n) is 9.48. The fourth-order valence-corrected chi connectivity index (χ4v) is 1.37. The lowest BCUT2D eigenvalue weighted by atomic mass is 10.1. The summed E-state index contributed by atoms with van der Waals surface area (Å²) in [6.45, 7) is 3.75. The molecule has 1 aromatic rings. The Morgan fingerprint density at radius 2 is 2.19 bits per heavy atom. The van der Waals surface area contributed by atoms with Gasteiger partial charge in [-0.25, -0.2) is 0 Å². The molecule has 3 heteroatoms. The molecule has 0 amide bonds. The van der Waals surface area contributed by atoms with Gasteiger partial charge in [0.05, 0.1) is 7.11 Å². The summed E-state index contributed by atoms with van der Waals surface area (Å²) < 4.78 is 4.59. The van der Waals surface area contributed by atoms with Crippen LogP contribution in [-0.2, 0) is 9.53 Å². The molecule has 0 aliphatic heterocycles. The normalized spacial score (nSPS) is 11.6. The lowest BCUT2D eigenvalue weighted by Crippen LogP contribution is -2.18. The van der Waals surface area contributed by atoms with Crippen LogP contribution >= 0.6 is 0 Å². The van der Waals surface area contributed by atoms with Gasteiger partial charge in [0, 0.05) is 18.2 Å². The maximum atomic E-state index is 11.0. The van der Waals surface area contributed by atoms with Crippen molar-refractivity contribution in [3.8, 4) is 0 Å². The van der Waals surface area contributed by atoms with E-state index in [1.54, 1.807) is 6.08 Å². The molecule has 0 saturated heterocycles. The molecule has 0 spiro atoms. The first-order valence-electron chi connectivity index (χ1n) is 5.27. The molecule has 3 nitrogen and oxygen atoms in total. The number of anilines is 1. The average molecular weight is 219 g/mol. The van der Waals surface area contributed by atoms with Crippen molar-refractivity contribution >= 4 is 11.7 Å². The Labute approximate surface area is 96.1 Å². The third-order valence-corrected chi connectivity index (χ3v) is 2.30. The molecule has 16 heavy (non-hydrogen) atoms. The van der Waals surface area contributed by atoms with Crippen molar-refractivity contribution < 1.29 is 9.53 Å². The summed E-state index contributed by atoms with van der Waals surface area (Å²) in [5.41, 5.74) is 1.03. The fourth-order valence-electron chi connectivity index (χ4n) is 1.37. The van der Waals surface area contributed by atoms with Gasteiger partial charge in [-0.3, -0.25) is 4.79 Å². The van der Waals surface area contributed by atoms with Crippen LogP contribution in [0, 0.1) is 0 Å². The maximum Gasteiger partial charge on any atom is 0.305 e. The first-order valence-corrected chi connectivity index (χ1v) is 5.27. The van der Waals surface area contributed by atoms with Crippen molar-refractivity contribution in [1.82, 2.24) is 0 Å². The number of methoxy groups -OCH3 is 1. The molecule has 0 saturated carbocycles. The molecule has 0 aliphatic carbocycles. The molecule has 86 valence electrons. The van der Waals surface area contributed by atoms with Crippen LogP contribution < -0.4 is 5.32 Å². The maximum absolute atomic E-state index is 11.0. The van der Waals surface area contributed by atoms with Gasteiger partial charge < -0.3 is 10.1 Å². The van der Waals surface area contributed by atoms with Crippen LogP contribution in [0.2, 0.25) is 0 Å². The van der Waals surface area contributed by atoms with Gasteiger partial charge in [-0.2, -0.15) is 0 Å². The molecule has 1 N–H and O–H groups in total. The smallest absolute Gasteiger partial charge is 0.305 e. The number of hydrogen-bond donors (Lipinski definition) is 1. The van der Waals surface area contributed by atoms with E-state index in [1.807, 2.05) is 30.3 Å². The zero-order valence-corrected chi connectivity index (χ0v) is 9.48. The van der Waals surface area contributed by atoms with E-state index in [0.29, 0.717) is 12.8 Å². The quantitative estimate of drug-likeness (QED) is 0.590. The summed E-state index contributed by atoms with van der Waals surface area (Å²) in [5, 5.41) is 3.28. The Morgan fingerprint density at radius 1 is 1.50 bits per heavy atom. The first-order chi connectivity index (χ1) is 7.76. The van der Waals surface area contributed by atoms with Crippen molar-refractivity contribution in [3.05, 3.63) is 43.0 Å². The predicted octanol–water partition coefficient (Wildman–Crippen LogP) is 2.61. The molecule has 0 aliphatic rings. The number of esters is 1. The highest BCUT2D eigenvalue weighted by Crippen LogP contribution is 2.10. The number of ether oxygens (including phenoxy) is 1. The van der Waals surface area contributed by atoms with Gasteiger partial charge in [0.1, 0.15) is 0 Å². The van der Waals surface area contributed by atoms with Gasteiger partial charge in [-0.1, -0.05) is 24.3 Å². The van der Waals surface area contributed by atoms with E-state index in [1.165, 1.54) is 7.11 Å². The van der Waals surface area contributed by atoms with Crippen LogP contribution in [0.15, 0.2) is 43.0 Å². The highest BCUT2D eigenvalue weighted by molar-refractivity contribution is 5.69. The summed E-state index contributed by atoms with van der Waals surface area (Å²) in [6.07, 6.45) is 2.88. The number of nitrogens with one attached hydrogen (secondary N) is 1. The number of benzene rings is 1. The summed E-state index contributed by atoms with van der Waals surface area (Å²) >= 11 is 0. The van der Waals surface area contributed by atoms with E-state index in [0.717, 1.165) is 5.69 Å². The molecule has 0 aromatic heterocycles. The van der Waals surface area contributed by atoms with Crippen molar-refractivity contribution in [2.75, 3.05) is 12.4 Å². The topological polar surface area (TPSA) is 38.3 Å². The Hall–Kier alpha value is -1.77. The van der Waals surface area contributed by atoms with Gasteiger partial charge in [-0.15, -0.1) is 6.58 Å². The van der Waals surface area contributed by atoms with Crippen LogP contribution in [0.4, 0.5) is 5.69 Å². The van der Waals surface area contributed by atoms with Crippen molar-refractivity contribution in [3.63, 3.8) is 0 Å². The molecular formula is C13H17NO2. The lowest BCUT2D eigenvalue weighted by Gasteiger charge is -2.15. The Bertz CT molecular complexity index is 335. The van der Waals surface area contributed by atoms with Crippen LogP contribution in [0.1, 0.15) is 12.8 Å². The largest absolute Gasteiger partial charge is 0.469 e. The summed E-state index contributed by atoms with van der Waals surface area (Å²) in [4.78, 5) is 11.0. The second-order valence-electron chi connectivity index (χ2n) is 3.47. The second kappa shape index (κ2) is 6.67. The van der Waals surface area contributed by atoms with Crippen LogP contribution in [0.5, 0.6) is 0 Å². The fraction of sp³-hybridized carbons (Fsp3) is 0.308. The van der Waals surface area contributed by atoms with E-state index in [-0.39, 0.29) is 12.0 Å². The van der Waals surface area contributed by atoms with E-state index >= 15 is 0 Å². The van der Waals surface area contributed by atoms with Gasteiger partial charge in [0.15, 0.2) is 0 Å². The van der Waals surface area contributed by atoms with Gasteiger partial charge in [0.25, 0.3) is 0 Å². The highest BCUT2D eigenvalue weighted by Gasteiger charge is 2.07. The van der Waals surface area contributed by atoms with Crippen molar-refractivity contribution in [1.29, 1.82) is 0 Å². The molecule has 0 fully saturated rings. The predicted molar refractivity (Wildman–Crippen MR) is 65.3 cm³/mol. The summed E-state index contributed by atoms with van der Waals surface area (Å²) in [5.74, 6) is -0.193. The molecule has 0 heterocycles. The molecule has 0 bridgehead atoms. The Balaban J connectivity index is 2.43. The number of hydrogen-bond acceptors (Lipinski definition) is 3. The van der Waals surface area contributed by atoms with E-state index in [4.69, 9.17) is 0 Å². The summed E-state index contributed by atoms with van der Waals surface area (Å²) in [6, 6.07) is 9.93. The molecule has 1 aromatic carbocycles. The standard InChI is InChI=1S/C13H17NO2/c1-3-11(9-10-13(15)16-2)14-12-7-5-4-6-8-12/h3-8,11,14H,1,9-10H2,2H3. The molecule has 1 unspecified atom stereocenters. The van der Waals surface area contributed by atoms with Gasteiger partial charge in [0.2, 0.25) is 0 Å². The number of carbonyl (C=O) groups is 1. The Morgan fingerprint density at radius 3 is 2.75 bits per heavy atom. The number of carbonyl (C=O) groups excluding carboxylic acids is 1. The zero-order chi connectivity index (χ0) is 11.8. The Kier molecular flexibility index (Phi) is 5.12. The van der Waals surface area contributed by atoms with E-state index < -0.39 is 0 Å². The van der Waals surface area contributed by atoms with E-state index in [2.05, 4.69) is 16.6 Å². The lowest BCUT2D eigenvalue weighted by molar-refractivity contribution is -0.140. The van der Waals surface area contributed by atoms with Crippen LogP contribution in [0.3, 0.4) is 0 Å². The molecular weight excluding hydrogens is 202 g/mol. The van der Waals surface area contributed by atoms with Crippen molar-refractivity contribution in [2.45, 2.75) is 18.9 Å². The van der Waals surface area contributed by atoms with Crippen LogP contribution in [-0.4, -0.2) is 19.1 Å².